The number of hydrogen-bond donors (Lipinski definition) is 0. The van der Waals surface area contributed by atoms with Crippen molar-refractivity contribution in [3.05, 3.63) is 35.1 Å². The lowest BCUT2D eigenvalue weighted by molar-refractivity contribution is 0.112. The van der Waals surface area contributed by atoms with Crippen LogP contribution in [0.4, 0.5) is 4.39 Å². The van der Waals surface area contributed by atoms with E-state index < -0.39 is 5.82 Å². The number of nitrogens with zero attached hydrogens (tertiary/aromatic N) is 2. The minimum absolute atomic E-state index is 0.0317. The van der Waals surface area contributed by atoms with Gasteiger partial charge < -0.3 is 0 Å². The van der Waals surface area contributed by atoms with Gasteiger partial charge in [0.05, 0.1) is 5.56 Å². The van der Waals surface area contributed by atoms with Crippen molar-refractivity contribution < 1.29 is 9.18 Å². The molecule has 0 spiro atoms. The average molecular weight is 208 g/mol. The third-order valence-electron chi connectivity index (χ3n) is 1.76. The molecule has 0 saturated heterocycles. The molecule has 0 radical (unpaired) electrons. The molecule has 3 nitrogen and oxygen atoms in total. The Balaban J connectivity index is 2.64. The Kier molecular flexibility index (Phi) is 2.32. The van der Waals surface area contributed by atoms with Gasteiger partial charge in [-0.05, 0) is 6.07 Å². The second-order valence-corrected chi connectivity index (χ2v) is 3.40. The molecule has 0 amide bonds. The molecule has 0 aliphatic rings. The van der Waals surface area contributed by atoms with Crippen LogP contribution in [0.25, 0.3) is 10.6 Å². The predicted molar refractivity (Wildman–Crippen MR) is 50.7 cm³/mol. The third kappa shape index (κ3) is 1.42. The monoisotopic (exact) mass is 208 g/mol. The highest BCUT2D eigenvalue weighted by Crippen LogP contribution is 2.25. The van der Waals surface area contributed by atoms with Crippen LogP contribution < -0.4 is 0 Å². The van der Waals surface area contributed by atoms with E-state index in [2.05, 4.69) is 10.2 Å². The highest BCUT2D eigenvalue weighted by atomic mass is 32.1. The Labute approximate surface area is 83.2 Å². The summed E-state index contributed by atoms with van der Waals surface area (Å²) in [7, 11) is 0. The summed E-state index contributed by atoms with van der Waals surface area (Å²) in [6, 6.07) is 4.43. The van der Waals surface area contributed by atoms with Gasteiger partial charge in [-0.3, -0.25) is 4.79 Å². The molecular formula is C9H5FN2OS. The molecular weight excluding hydrogens is 203 g/mol. The number of aromatic nitrogens is 2. The molecule has 0 fully saturated rings. The van der Waals surface area contributed by atoms with Crippen molar-refractivity contribution in [1.29, 1.82) is 0 Å². The van der Waals surface area contributed by atoms with Crippen LogP contribution in [0.1, 0.15) is 10.4 Å². The van der Waals surface area contributed by atoms with E-state index in [0.29, 0.717) is 16.9 Å². The number of aldehydes is 1. The standard InChI is InChI=1S/C9H5FN2OS/c10-8-3-1-2-6(7(8)4-13)9-12-11-5-14-9/h1-5H. The number of rotatable bonds is 2. The van der Waals surface area contributed by atoms with Crippen LogP contribution in [-0.2, 0) is 0 Å². The van der Waals surface area contributed by atoms with Gasteiger partial charge in [0, 0.05) is 5.56 Å². The molecule has 0 N–H and O–H groups in total. The lowest BCUT2D eigenvalue weighted by Crippen LogP contribution is -1.91. The van der Waals surface area contributed by atoms with Crippen molar-refractivity contribution in [1.82, 2.24) is 10.2 Å². The van der Waals surface area contributed by atoms with Crippen LogP contribution in [0.5, 0.6) is 0 Å². The van der Waals surface area contributed by atoms with Crippen molar-refractivity contribution in [2.45, 2.75) is 0 Å². The molecule has 0 saturated carbocycles. The molecule has 0 bridgehead atoms. The van der Waals surface area contributed by atoms with Crippen molar-refractivity contribution >= 4 is 17.6 Å². The molecule has 1 heterocycles. The van der Waals surface area contributed by atoms with Gasteiger partial charge in [0.2, 0.25) is 0 Å². The van der Waals surface area contributed by atoms with E-state index >= 15 is 0 Å². The SMILES string of the molecule is O=Cc1c(F)cccc1-c1nncs1. The number of carbonyl (C=O) groups excluding carboxylic acids is 1. The zero-order chi connectivity index (χ0) is 9.97. The molecule has 1 aromatic carbocycles. The van der Waals surface area contributed by atoms with Crippen LogP contribution >= 0.6 is 11.3 Å². The minimum atomic E-state index is -0.535. The van der Waals surface area contributed by atoms with E-state index in [-0.39, 0.29) is 5.56 Å². The summed E-state index contributed by atoms with van der Waals surface area (Å²) in [5.74, 6) is -0.535. The van der Waals surface area contributed by atoms with E-state index in [1.54, 1.807) is 12.1 Å². The summed E-state index contributed by atoms with van der Waals surface area (Å²) in [6.07, 6.45) is 0.492. The fraction of sp³-hybridized carbons (Fsp3) is 0. The summed E-state index contributed by atoms with van der Waals surface area (Å²) in [5.41, 5.74) is 2.06. The second kappa shape index (κ2) is 3.63. The molecule has 1 aromatic heterocycles. The molecule has 2 aromatic rings. The summed E-state index contributed by atoms with van der Waals surface area (Å²) in [4.78, 5) is 10.7. The van der Waals surface area contributed by atoms with Gasteiger partial charge in [0.15, 0.2) is 6.29 Å². The maximum absolute atomic E-state index is 13.2. The number of hydrogen-bond acceptors (Lipinski definition) is 4. The first-order valence-corrected chi connectivity index (χ1v) is 4.71. The highest BCUT2D eigenvalue weighted by molar-refractivity contribution is 7.12. The first-order chi connectivity index (χ1) is 6.83. The second-order valence-electron chi connectivity index (χ2n) is 2.56. The molecule has 5 heteroatoms. The molecule has 0 atom stereocenters. The van der Waals surface area contributed by atoms with Gasteiger partial charge in [-0.2, -0.15) is 0 Å². The summed E-state index contributed by atoms with van der Waals surface area (Å²) >= 11 is 1.27. The first kappa shape index (κ1) is 8.96. The topological polar surface area (TPSA) is 42.9 Å². The summed E-state index contributed by atoms with van der Waals surface area (Å²) < 4.78 is 13.2. The fourth-order valence-corrected chi connectivity index (χ4v) is 1.73. The third-order valence-corrected chi connectivity index (χ3v) is 2.49. The number of carbonyl (C=O) groups is 1. The number of benzene rings is 1. The van der Waals surface area contributed by atoms with E-state index in [1.807, 2.05) is 0 Å². The van der Waals surface area contributed by atoms with Gasteiger partial charge in [-0.25, -0.2) is 4.39 Å². The molecule has 2 rings (SSSR count). The highest BCUT2D eigenvalue weighted by Gasteiger charge is 2.11. The summed E-state index contributed by atoms with van der Waals surface area (Å²) in [6.45, 7) is 0. The van der Waals surface area contributed by atoms with Gasteiger partial charge in [-0.1, -0.05) is 23.5 Å². The van der Waals surface area contributed by atoms with Crippen molar-refractivity contribution in [2.75, 3.05) is 0 Å². The smallest absolute Gasteiger partial charge is 0.153 e. The molecule has 0 unspecified atom stereocenters. The Morgan fingerprint density at radius 1 is 1.43 bits per heavy atom. The molecule has 0 aliphatic heterocycles. The zero-order valence-electron chi connectivity index (χ0n) is 6.98. The van der Waals surface area contributed by atoms with Crippen molar-refractivity contribution in [2.24, 2.45) is 0 Å². The Bertz CT molecular complexity index is 456. The molecule has 14 heavy (non-hydrogen) atoms. The van der Waals surface area contributed by atoms with E-state index in [4.69, 9.17) is 0 Å². The average Bonchev–Trinajstić information content (AvgIpc) is 2.70. The fourth-order valence-electron chi connectivity index (χ4n) is 1.13. The maximum Gasteiger partial charge on any atom is 0.153 e. The Morgan fingerprint density at radius 2 is 2.29 bits per heavy atom. The van der Waals surface area contributed by atoms with Crippen LogP contribution in [-0.4, -0.2) is 16.5 Å². The van der Waals surface area contributed by atoms with Crippen LogP contribution in [0.3, 0.4) is 0 Å². The lowest BCUT2D eigenvalue weighted by Gasteiger charge is -2.00. The normalized spacial score (nSPS) is 10.1. The van der Waals surface area contributed by atoms with Gasteiger partial charge in [-0.15, -0.1) is 10.2 Å². The van der Waals surface area contributed by atoms with Crippen LogP contribution in [0, 0.1) is 5.82 Å². The molecule has 0 aliphatic carbocycles. The van der Waals surface area contributed by atoms with Gasteiger partial charge in [0.1, 0.15) is 16.3 Å². The maximum atomic E-state index is 13.2. The van der Waals surface area contributed by atoms with E-state index in [0.717, 1.165) is 0 Å². The van der Waals surface area contributed by atoms with Gasteiger partial charge >= 0.3 is 0 Å². The Morgan fingerprint density at radius 3 is 2.93 bits per heavy atom. The Hall–Kier alpha value is -1.62. The van der Waals surface area contributed by atoms with Crippen LogP contribution in [0.15, 0.2) is 23.7 Å². The van der Waals surface area contributed by atoms with Crippen molar-refractivity contribution in [3.63, 3.8) is 0 Å². The summed E-state index contributed by atoms with van der Waals surface area (Å²) in [5, 5.41) is 7.96. The van der Waals surface area contributed by atoms with Gasteiger partial charge in [0.25, 0.3) is 0 Å². The largest absolute Gasteiger partial charge is 0.298 e. The lowest BCUT2D eigenvalue weighted by atomic mass is 10.1. The zero-order valence-corrected chi connectivity index (χ0v) is 7.79. The van der Waals surface area contributed by atoms with Crippen LogP contribution in [0.2, 0.25) is 0 Å². The quantitative estimate of drug-likeness (QED) is 0.710. The minimum Gasteiger partial charge on any atom is -0.298 e. The van der Waals surface area contributed by atoms with E-state index in [1.165, 1.54) is 22.9 Å². The van der Waals surface area contributed by atoms with Crippen molar-refractivity contribution in [3.8, 4) is 10.6 Å². The number of halogens is 1. The first-order valence-electron chi connectivity index (χ1n) is 3.83. The predicted octanol–water partition coefficient (Wildman–Crippen LogP) is 2.16. The van der Waals surface area contributed by atoms with E-state index in [9.17, 15) is 9.18 Å². The molecule has 70 valence electrons.